The monoisotopic (exact) mass is 301 g/mol. The van der Waals surface area contributed by atoms with Gasteiger partial charge in [-0.3, -0.25) is 9.89 Å². The average Bonchev–Trinajstić information content (AvgIpc) is 2.85. The highest BCUT2D eigenvalue weighted by molar-refractivity contribution is 5.79. The molecule has 0 fully saturated rings. The molecule has 2 unspecified atom stereocenters. The first kappa shape index (κ1) is 16.2. The molecule has 2 atom stereocenters. The number of aryl methyl sites for hydroxylation is 2. The van der Waals surface area contributed by atoms with Gasteiger partial charge < -0.3 is 10.4 Å². The smallest absolute Gasteiger partial charge is 0.223 e. The van der Waals surface area contributed by atoms with Gasteiger partial charge in [-0.25, -0.2) is 0 Å². The number of hydrogen-bond donors (Lipinski definition) is 3. The van der Waals surface area contributed by atoms with Gasteiger partial charge in [0.25, 0.3) is 0 Å². The third-order valence-electron chi connectivity index (χ3n) is 3.94. The fourth-order valence-corrected chi connectivity index (χ4v) is 2.51. The number of aromatic amines is 1. The van der Waals surface area contributed by atoms with E-state index < -0.39 is 0 Å². The number of H-pyrrole nitrogens is 1. The lowest BCUT2D eigenvalue weighted by Crippen LogP contribution is -2.35. The first-order chi connectivity index (χ1) is 10.5. The molecule has 2 aromatic rings. The van der Waals surface area contributed by atoms with Crippen LogP contribution in [0.25, 0.3) is 0 Å². The van der Waals surface area contributed by atoms with Crippen LogP contribution in [0, 0.1) is 19.8 Å². The van der Waals surface area contributed by atoms with E-state index in [0.717, 1.165) is 22.5 Å². The lowest BCUT2D eigenvalue weighted by Gasteiger charge is -2.20. The molecule has 1 heterocycles. The molecule has 0 aliphatic rings. The molecule has 22 heavy (non-hydrogen) atoms. The van der Waals surface area contributed by atoms with E-state index in [4.69, 9.17) is 0 Å². The fraction of sp³-hybridized carbons (Fsp3) is 0.412. The molecule has 0 bridgehead atoms. The van der Waals surface area contributed by atoms with Crippen molar-refractivity contribution in [2.45, 2.75) is 33.2 Å². The van der Waals surface area contributed by atoms with Crippen LogP contribution in [0.1, 0.15) is 35.5 Å². The Morgan fingerprint density at radius 1 is 1.32 bits per heavy atom. The van der Waals surface area contributed by atoms with Crippen LogP contribution in [-0.4, -0.2) is 27.8 Å². The molecule has 1 amide bonds. The molecule has 1 aromatic heterocycles. The predicted octanol–water partition coefficient (Wildman–Crippen LogP) is 2.05. The Labute approximate surface area is 130 Å². The second-order valence-corrected chi connectivity index (χ2v) is 5.67. The zero-order valence-corrected chi connectivity index (χ0v) is 13.3. The SMILES string of the molecule is Cc1n[nH]c(C)c1CC(C)C(=O)NC(CO)c1ccccc1. The Morgan fingerprint density at radius 2 is 2.00 bits per heavy atom. The lowest BCUT2D eigenvalue weighted by molar-refractivity contribution is -0.125. The summed E-state index contributed by atoms with van der Waals surface area (Å²) in [6.45, 7) is 5.66. The number of aliphatic hydroxyl groups excluding tert-OH is 1. The highest BCUT2D eigenvalue weighted by Gasteiger charge is 2.20. The number of nitrogens with one attached hydrogen (secondary N) is 2. The van der Waals surface area contributed by atoms with Gasteiger partial charge in [-0.1, -0.05) is 37.3 Å². The van der Waals surface area contributed by atoms with Gasteiger partial charge in [0.2, 0.25) is 5.91 Å². The van der Waals surface area contributed by atoms with Gasteiger partial charge in [-0.05, 0) is 31.4 Å². The lowest BCUT2D eigenvalue weighted by atomic mass is 9.98. The summed E-state index contributed by atoms with van der Waals surface area (Å²) in [5.74, 6) is -0.254. The van der Waals surface area contributed by atoms with Crippen LogP contribution < -0.4 is 5.32 Å². The number of aliphatic hydroxyl groups is 1. The highest BCUT2D eigenvalue weighted by atomic mass is 16.3. The fourth-order valence-electron chi connectivity index (χ4n) is 2.51. The molecule has 0 saturated carbocycles. The van der Waals surface area contributed by atoms with Gasteiger partial charge in [0, 0.05) is 11.6 Å². The molecule has 5 heteroatoms. The summed E-state index contributed by atoms with van der Waals surface area (Å²) in [6.07, 6.45) is 0.632. The van der Waals surface area contributed by atoms with Crippen LogP contribution in [0.5, 0.6) is 0 Å². The molecule has 0 spiro atoms. The molecule has 3 N–H and O–H groups in total. The van der Waals surface area contributed by atoms with E-state index in [1.165, 1.54) is 0 Å². The number of amides is 1. The van der Waals surface area contributed by atoms with Gasteiger partial charge in [-0.15, -0.1) is 0 Å². The normalized spacial score (nSPS) is 13.6. The van der Waals surface area contributed by atoms with Crippen molar-refractivity contribution in [2.24, 2.45) is 5.92 Å². The molecule has 0 radical (unpaired) electrons. The van der Waals surface area contributed by atoms with Crippen molar-refractivity contribution in [2.75, 3.05) is 6.61 Å². The van der Waals surface area contributed by atoms with Crippen molar-refractivity contribution in [1.29, 1.82) is 0 Å². The van der Waals surface area contributed by atoms with E-state index in [-0.39, 0.29) is 24.5 Å². The molecule has 2 rings (SSSR count). The average molecular weight is 301 g/mol. The number of hydrogen-bond acceptors (Lipinski definition) is 3. The molecular formula is C17H23N3O2. The van der Waals surface area contributed by atoms with E-state index in [1.807, 2.05) is 51.1 Å². The van der Waals surface area contributed by atoms with Crippen molar-refractivity contribution >= 4 is 5.91 Å². The molecule has 5 nitrogen and oxygen atoms in total. The minimum atomic E-state index is -0.373. The standard InChI is InChI=1S/C17H23N3O2/c1-11(9-15-12(2)19-20-13(15)3)17(22)18-16(10-21)14-7-5-4-6-8-14/h4-8,11,16,21H,9-10H2,1-3H3,(H,18,22)(H,19,20). The topological polar surface area (TPSA) is 78.0 Å². The molecule has 0 aliphatic carbocycles. The van der Waals surface area contributed by atoms with E-state index >= 15 is 0 Å². The number of carbonyl (C=O) groups is 1. The van der Waals surface area contributed by atoms with E-state index in [1.54, 1.807) is 0 Å². The summed E-state index contributed by atoms with van der Waals surface area (Å²) in [5.41, 5.74) is 3.92. The van der Waals surface area contributed by atoms with Gasteiger partial charge in [0.05, 0.1) is 18.3 Å². The highest BCUT2D eigenvalue weighted by Crippen LogP contribution is 2.17. The van der Waals surface area contributed by atoms with Gasteiger partial charge in [0.1, 0.15) is 0 Å². The van der Waals surface area contributed by atoms with Crippen LogP contribution >= 0.6 is 0 Å². The third-order valence-corrected chi connectivity index (χ3v) is 3.94. The van der Waals surface area contributed by atoms with Crippen LogP contribution in [0.2, 0.25) is 0 Å². The Balaban J connectivity index is 2.01. The van der Waals surface area contributed by atoms with Crippen LogP contribution in [0.4, 0.5) is 0 Å². The Bertz CT molecular complexity index is 603. The first-order valence-corrected chi connectivity index (χ1v) is 7.49. The van der Waals surface area contributed by atoms with Crippen LogP contribution in [-0.2, 0) is 11.2 Å². The van der Waals surface area contributed by atoms with Gasteiger partial charge >= 0.3 is 0 Å². The van der Waals surface area contributed by atoms with Gasteiger partial charge in [-0.2, -0.15) is 5.10 Å². The number of nitrogens with zero attached hydrogens (tertiary/aromatic N) is 1. The molecule has 0 aliphatic heterocycles. The second kappa shape index (κ2) is 7.22. The molecule has 1 aromatic carbocycles. The zero-order valence-electron chi connectivity index (χ0n) is 13.3. The zero-order chi connectivity index (χ0) is 16.1. The van der Waals surface area contributed by atoms with Crippen molar-refractivity contribution in [1.82, 2.24) is 15.5 Å². The van der Waals surface area contributed by atoms with Crippen molar-refractivity contribution in [3.8, 4) is 0 Å². The summed E-state index contributed by atoms with van der Waals surface area (Å²) in [4.78, 5) is 12.4. The summed E-state index contributed by atoms with van der Waals surface area (Å²) in [6, 6.07) is 9.12. The Morgan fingerprint density at radius 3 is 2.55 bits per heavy atom. The van der Waals surface area contributed by atoms with E-state index in [2.05, 4.69) is 15.5 Å². The Hall–Kier alpha value is -2.14. The second-order valence-electron chi connectivity index (χ2n) is 5.67. The largest absolute Gasteiger partial charge is 0.394 e. The van der Waals surface area contributed by atoms with E-state index in [0.29, 0.717) is 6.42 Å². The number of benzene rings is 1. The minimum absolute atomic E-state index is 0.0668. The predicted molar refractivity (Wildman–Crippen MR) is 85.3 cm³/mol. The van der Waals surface area contributed by atoms with Crippen LogP contribution in [0.15, 0.2) is 30.3 Å². The minimum Gasteiger partial charge on any atom is -0.394 e. The van der Waals surface area contributed by atoms with E-state index in [9.17, 15) is 9.90 Å². The summed E-state index contributed by atoms with van der Waals surface area (Å²) in [7, 11) is 0. The number of aromatic nitrogens is 2. The first-order valence-electron chi connectivity index (χ1n) is 7.49. The maximum atomic E-state index is 12.4. The maximum absolute atomic E-state index is 12.4. The maximum Gasteiger partial charge on any atom is 0.223 e. The number of carbonyl (C=O) groups excluding carboxylic acids is 1. The van der Waals surface area contributed by atoms with Crippen molar-refractivity contribution in [3.05, 3.63) is 52.8 Å². The summed E-state index contributed by atoms with van der Waals surface area (Å²) < 4.78 is 0. The molecule has 0 saturated heterocycles. The van der Waals surface area contributed by atoms with Crippen molar-refractivity contribution < 1.29 is 9.90 Å². The van der Waals surface area contributed by atoms with Gasteiger partial charge in [0.15, 0.2) is 0 Å². The quantitative estimate of drug-likeness (QED) is 0.764. The van der Waals surface area contributed by atoms with Crippen LogP contribution in [0.3, 0.4) is 0 Å². The number of rotatable bonds is 6. The molecule has 118 valence electrons. The Kier molecular flexibility index (Phi) is 5.33. The van der Waals surface area contributed by atoms with Crippen molar-refractivity contribution in [3.63, 3.8) is 0 Å². The summed E-state index contributed by atoms with van der Waals surface area (Å²) in [5, 5.41) is 19.5. The molecular weight excluding hydrogens is 278 g/mol. The third kappa shape index (κ3) is 3.74. The summed E-state index contributed by atoms with van der Waals surface area (Å²) >= 11 is 0.